The number of aryl methyl sites for hydroxylation is 1. The topological polar surface area (TPSA) is 12.9 Å². The van der Waals surface area contributed by atoms with Crippen LogP contribution >= 0.6 is 45.5 Å². The number of nitrogens with zero attached hydrogens (tertiary/aromatic N) is 1. The molecule has 50 valence electrons. The van der Waals surface area contributed by atoms with Crippen LogP contribution in [0, 0.1) is 3.01 Å². The van der Waals surface area contributed by atoms with Crippen molar-refractivity contribution < 1.29 is 0 Å². The Balaban J connectivity index is 3.01. The van der Waals surface area contributed by atoms with Crippen molar-refractivity contribution in [3.8, 4) is 0 Å². The van der Waals surface area contributed by atoms with Crippen LogP contribution in [0.15, 0.2) is 0 Å². The Labute approximate surface area is 76.6 Å². The molecule has 0 aliphatic carbocycles. The van der Waals surface area contributed by atoms with Gasteiger partial charge in [0.05, 0.1) is 5.69 Å². The molecule has 0 amide bonds. The molecule has 0 aliphatic heterocycles. The van der Waals surface area contributed by atoms with E-state index in [0.717, 1.165) is 19.5 Å². The zero-order valence-corrected chi connectivity index (χ0v) is 8.55. The van der Waals surface area contributed by atoms with Gasteiger partial charge < -0.3 is 0 Å². The first-order valence-corrected chi connectivity index (χ1v) is 4.82. The van der Waals surface area contributed by atoms with E-state index in [-0.39, 0.29) is 0 Å². The third kappa shape index (κ3) is 1.78. The van der Waals surface area contributed by atoms with E-state index < -0.39 is 0 Å². The summed E-state index contributed by atoms with van der Waals surface area (Å²) in [6, 6.07) is 0. The average molecular weight is 274 g/mol. The minimum absolute atomic E-state index is 0.835. The van der Waals surface area contributed by atoms with E-state index in [9.17, 15) is 0 Å². The van der Waals surface area contributed by atoms with E-state index in [4.69, 9.17) is 11.6 Å². The molecule has 1 aromatic heterocycles. The third-order valence-electron chi connectivity index (χ3n) is 0.958. The quantitative estimate of drug-likeness (QED) is 0.717. The zero-order valence-electron chi connectivity index (χ0n) is 4.82. The molecule has 0 N–H and O–H groups in total. The lowest BCUT2D eigenvalue weighted by Crippen LogP contribution is -1.78. The SMILES string of the molecule is CCc1nc(I)sc1Cl. The fraction of sp³-hybridized carbons (Fsp3) is 0.400. The van der Waals surface area contributed by atoms with E-state index >= 15 is 0 Å². The van der Waals surface area contributed by atoms with Gasteiger partial charge in [0.25, 0.3) is 0 Å². The molecule has 0 spiro atoms. The Morgan fingerprint density at radius 3 is 2.67 bits per heavy atom. The zero-order chi connectivity index (χ0) is 6.85. The molecule has 0 unspecified atom stereocenters. The lowest BCUT2D eigenvalue weighted by Gasteiger charge is -1.83. The minimum atomic E-state index is 0.835. The summed E-state index contributed by atoms with van der Waals surface area (Å²) in [7, 11) is 0. The van der Waals surface area contributed by atoms with Crippen molar-refractivity contribution in [1.29, 1.82) is 0 Å². The second kappa shape index (κ2) is 3.16. The number of hydrogen-bond acceptors (Lipinski definition) is 2. The smallest absolute Gasteiger partial charge is 0.155 e. The Morgan fingerprint density at radius 2 is 2.44 bits per heavy atom. The van der Waals surface area contributed by atoms with Crippen LogP contribution in [-0.2, 0) is 6.42 Å². The van der Waals surface area contributed by atoms with Gasteiger partial charge >= 0.3 is 0 Å². The molecule has 1 heterocycles. The summed E-state index contributed by atoms with van der Waals surface area (Å²) in [5, 5.41) is 0. The number of rotatable bonds is 1. The normalized spacial score (nSPS) is 10.1. The van der Waals surface area contributed by atoms with Crippen LogP contribution in [0.2, 0.25) is 4.34 Å². The largest absolute Gasteiger partial charge is 0.233 e. The standard InChI is InChI=1S/C5H5ClINS/c1-2-3-4(6)9-5(7)8-3/h2H2,1H3. The second-order valence-electron chi connectivity index (χ2n) is 1.54. The molecule has 9 heavy (non-hydrogen) atoms. The minimum Gasteiger partial charge on any atom is -0.233 e. The van der Waals surface area contributed by atoms with Crippen molar-refractivity contribution >= 4 is 45.5 Å². The summed E-state index contributed by atoms with van der Waals surface area (Å²) in [5.41, 5.74) is 1.02. The molecule has 0 saturated heterocycles. The summed E-state index contributed by atoms with van der Waals surface area (Å²) >= 11 is 9.50. The highest BCUT2D eigenvalue weighted by Gasteiger charge is 2.03. The van der Waals surface area contributed by atoms with Crippen molar-refractivity contribution in [1.82, 2.24) is 4.98 Å². The van der Waals surface area contributed by atoms with Crippen molar-refractivity contribution in [2.45, 2.75) is 13.3 Å². The molecule has 0 saturated carbocycles. The Kier molecular flexibility index (Phi) is 2.73. The van der Waals surface area contributed by atoms with Crippen LogP contribution in [0.5, 0.6) is 0 Å². The maximum absolute atomic E-state index is 5.80. The molecule has 1 aromatic rings. The van der Waals surface area contributed by atoms with Gasteiger partial charge in [-0.05, 0) is 29.0 Å². The van der Waals surface area contributed by atoms with E-state index in [0.29, 0.717) is 0 Å². The average Bonchev–Trinajstić information content (AvgIpc) is 2.10. The predicted molar refractivity (Wildman–Crippen MR) is 49.2 cm³/mol. The fourth-order valence-electron chi connectivity index (χ4n) is 0.524. The maximum Gasteiger partial charge on any atom is 0.155 e. The summed E-state index contributed by atoms with van der Waals surface area (Å²) < 4.78 is 1.86. The summed E-state index contributed by atoms with van der Waals surface area (Å²) in [6.45, 7) is 2.05. The van der Waals surface area contributed by atoms with E-state index in [1.54, 1.807) is 0 Å². The fourth-order valence-corrected chi connectivity index (χ4v) is 2.87. The number of hydrogen-bond donors (Lipinski definition) is 0. The third-order valence-corrected chi connectivity index (χ3v) is 2.98. The Bertz CT molecular complexity index is 211. The van der Waals surface area contributed by atoms with Gasteiger partial charge in [0.2, 0.25) is 0 Å². The van der Waals surface area contributed by atoms with Gasteiger partial charge in [0.1, 0.15) is 4.34 Å². The predicted octanol–water partition coefficient (Wildman–Crippen LogP) is 2.96. The number of aromatic nitrogens is 1. The van der Waals surface area contributed by atoms with Gasteiger partial charge in [0.15, 0.2) is 3.01 Å². The van der Waals surface area contributed by atoms with Crippen molar-refractivity contribution in [2.24, 2.45) is 0 Å². The molecule has 4 heteroatoms. The summed E-state index contributed by atoms with van der Waals surface area (Å²) in [6.07, 6.45) is 0.929. The first-order chi connectivity index (χ1) is 4.24. The first kappa shape index (κ1) is 7.75. The number of halogens is 2. The molecule has 0 atom stereocenters. The van der Waals surface area contributed by atoms with Crippen LogP contribution in [0.3, 0.4) is 0 Å². The highest BCUT2D eigenvalue weighted by Crippen LogP contribution is 2.25. The lowest BCUT2D eigenvalue weighted by atomic mass is 10.4. The van der Waals surface area contributed by atoms with Gasteiger partial charge in [-0.15, -0.1) is 0 Å². The van der Waals surface area contributed by atoms with Crippen LogP contribution in [-0.4, -0.2) is 4.98 Å². The molecule has 1 nitrogen and oxygen atoms in total. The van der Waals surface area contributed by atoms with Gasteiger partial charge in [-0.2, -0.15) is 0 Å². The van der Waals surface area contributed by atoms with Crippen LogP contribution in [0.25, 0.3) is 0 Å². The van der Waals surface area contributed by atoms with Crippen molar-refractivity contribution in [3.05, 3.63) is 13.0 Å². The molecule has 1 rings (SSSR count). The maximum atomic E-state index is 5.80. The van der Waals surface area contributed by atoms with Crippen LogP contribution in [0.1, 0.15) is 12.6 Å². The molecular weight excluding hydrogens is 268 g/mol. The number of thiazole rings is 1. The first-order valence-electron chi connectivity index (χ1n) is 2.54. The molecule has 0 aromatic carbocycles. The second-order valence-corrected chi connectivity index (χ2v) is 4.90. The van der Waals surface area contributed by atoms with Gasteiger partial charge in [-0.1, -0.05) is 29.9 Å². The molecular formula is C5H5ClINS. The molecule has 0 fully saturated rings. The van der Waals surface area contributed by atoms with E-state index in [1.807, 2.05) is 0 Å². The lowest BCUT2D eigenvalue weighted by molar-refractivity contribution is 1.05. The van der Waals surface area contributed by atoms with Crippen molar-refractivity contribution in [3.63, 3.8) is 0 Å². The highest BCUT2D eigenvalue weighted by atomic mass is 127. The molecule has 0 aliphatic rings. The van der Waals surface area contributed by atoms with E-state index in [1.165, 1.54) is 11.3 Å². The molecule has 0 radical (unpaired) electrons. The van der Waals surface area contributed by atoms with Crippen molar-refractivity contribution in [2.75, 3.05) is 0 Å². The summed E-state index contributed by atoms with van der Waals surface area (Å²) in [5.74, 6) is 0. The van der Waals surface area contributed by atoms with Gasteiger partial charge in [0, 0.05) is 0 Å². The van der Waals surface area contributed by atoms with Crippen LogP contribution < -0.4 is 0 Å². The Hall–Kier alpha value is 0.650. The Morgan fingerprint density at radius 1 is 1.78 bits per heavy atom. The van der Waals surface area contributed by atoms with Gasteiger partial charge in [-0.25, -0.2) is 4.98 Å². The van der Waals surface area contributed by atoms with Crippen LogP contribution in [0.4, 0.5) is 0 Å². The molecule has 0 bridgehead atoms. The monoisotopic (exact) mass is 273 g/mol. The van der Waals surface area contributed by atoms with Gasteiger partial charge in [-0.3, -0.25) is 0 Å². The summed E-state index contributed by atoms with van der Waals surface area (Å²) in [4.78, 5) is 4.20. The highest BCUT2D eigenvalue weighted by molar-refractivity contribution is 14.1. The van der Waals surface area contributed by atoms with E-state index in [2.05, 4.69) is 34.5 Å².